The van der Waals surface area contributed by atoms with Crippen molar-refractivity contribution < 1.29 is 14.4 Å². The summed E-state index contributed by atoms with van der Waals surface area (Å²) >= 11 is 0. The monoisotopic (exact) mass is 366 g/mol. The van der Waals surface area contributed by atoms with Crippen molar-refractivity contribution in [2.75, 3.05) is 26.3 Å². The lowest BCUT2D eigenvalue weighted by molar-refractivity contribution is -0.921. The van der Waals surface area contributed by atoms with Gasteiger partial charge in [0, 0.05) is 16.8 Å². The number of carbonyl (C=O) groups is 1. The number of hydrogen-bond donors (Lipinski definition) is 3. The van der Waals surface area contributed by atoms with Crippen LogP contribution in [0.25, 0.3) is 0 Å². The molecule has 1 aliphatic heterocycles. The normalized spacial score (nSPS) is 15.4. The minimum absolute atomic E-state index is 0.132. The van der Waals surface area contributed by atoms with Gasteiger partial charge in [-0.15, -0.1) is 0 Å². The Labute approximate surface area is 161 Å². The standard InChI is InChI=1S/C22H27N3O2/c1-18(7-8-19-5-3-2-4-6-19)23-24-22(26)21-11-9-20(10-12-21)17-25-13-15-27-16-14-25/h2-7,9-12,23H,8,13-17H2,1H3,(H,24,26)/p+1/b18-7-. The largest absolute Gasteiger partial charge is 0.370 e. The summed E-state index contributed by atoms with van der Waals surface area (Å²) in [6, 6.07) is 18.1. The van der Waals surface area contributed by atoms with Crippen LogP contribution in [0.15, 0.2) is 66.4 Å². The zero-order valence-corrected chi connectivity index (χ0v) is 15.8. The lowest BCUT2D eigenvalue weighted by atomic mass is 10.1. The van der Waals surface area contributed by atoms with E-state index in [1.807, 2.05) is 49.4 Å². The van der Waals surface area contributed by atoms with Crippen LogP contribution < -0.4 is 15.8 Å². The highest BCUT2D eigenvalue weighted by Gasteiger charge is 2.14. The number of benzene rings is 2. The van der Waals surface area contributed by atoms with Crippen molar-refractivity contribution in [3.8, 4) is 0 Å². The number of hydrogen-bond acceptors (Lipinski definition) is 3. The lowest BCUT2D eigenvalue weighted by Gasteiger charge is -2.23. The van der Waals surface area contributed by atoms with Gasteiger partial charge in [-0.25, -0.2) is 0 Å². The van der Waals surface area contributed by atoms with E-state index >= 15 is 0 Å². The third-order valence-electron chi connectivity index (χ3n) is 4.73. The van der Waals surface area contributed by atoms with Gasteiger partial charge in [0.2, 0.25) is 0 Å². The van der Waals surface area contributed by atoms with Crippen LogP contribution in [-0.2, 0) is 17.7 Å². The first kappa shape index (κ1) is 19.1. The Morgan fingerprint density at radius 3 is 2.41 bits per heavy atom. The summed E-state index contributed by atoms with van der Waals surface area (Å²) in [5, 5.41) is 0. The summed E-state index contributed by atoms with van der Waals surface area (Å²) in [7, 11) is 0. The fourth-order valence-electron chi connectivity index (χ4n) is 3.06. The van der Waals surface area contributed by atoms with Crippen molar-refractivity contribution in [2.24, 2.45) is 0 Å². The maximum Gasteiger partial charge on any atom is 0.269 e. The first-order valence-electron chi connectivity index (χ1n) is 9.48. The van der Waals surface area contributed by atoms with Crippen LogP contribution in [0.4, 0.5) is 0 Å². The number of rotatable bonds is 7. The second kappa shape index (κ2) is 9.90. The lowest BCUT2D eigenvalue weighted by Crippen LogP contribution is -3.12. The minimum atomic E-state index is -0.132. The molecule has 1 saturated heterocycles. The predicted octanol–water partition coefficient (Wildman–Crippen LogP) is 1.48. The van der Waals surface area contributed by atoms with Crippen molar-refractivity contribution >= 4 is 5.91 Å². The number of carbonyl (C=O) groups excluding carboxylic acids is 1. The predicted molar refractivity (Wildman–Crippen MR) is 106 cm³/mol. The van der Waals surface area contributed by atoms with Gasteiger partial charge in [-0.05, 0) is 31.0 Å². The third kappa shape index (κ3) is 6.24. The van der Waals surface area contributed by atoms with E-state index in [0.717, 1.165) is 45.0 Å². The van der Waals surface area contributed by atoms with Gasteiger partial charge in [-0.1, -0.05) is 48.5 Å². The average molecular weight is 366 g/mol. The van der Waals surface area contributed by atoms with Crippen molar-refractivity contribution in [1.29, 1.82) is 0 Å². The molecule has 142 valence electrons. The van der Waals surface area contributed by atoms with Gasteiger partial charge in [0.25, 0.3) is 5.91 Å². The number of quaternary nitrogens is 1. The second-order valence-electron chi connectivity index (χ2n) is 6.89. The Balaban J connectivity index is 1.46. The first-order valence-corrected chi connectivity index (χ1v) is 9.48. The summed E-state index contributed by atoms with van der Waals surface area (Å²) in [6.45, 7) is 6.67. The Morgan fingerprint density at radius 2 is 1.70 bits per heavy atom. The van der Waals surface area contributed by atoms with Crippen molar-refractivity contribution in [3.63, 3.8) is 0 Å². The van der Waals surface area contributed by atoms with E-state index in [1.165, 1.54) is 16.0 Å². The highest BCUT2D eigenvalue weighted by atomic mass is 16.5. The fourth-order valence-corrected chi connectivity index (χ4v) is 3.06. The van der Waals surface area contributed by atoms with E-state index in [4.69, 9.17) is 4.74 Å². The van der Waals surface area contributed by atoms with Crippen LogP contribution in [0.2, 0.25) is 0 Å². The summed E-state index contributed by atoms with van der Waals surface area (Å²) in [6.07, 6.45) is 2.89. The van der Waals surface area contributed by atoms with E-state index in [9.17, 15) is 4.79 Å². The third-order valence-corrected chi connectivity index (χ3v) is 4.73. The summed E-state index contributed by atoms with van der Waals surface area (Å²) in [4.78, 5) is 13.8. The van der Waals surface area contributed by atoms with E-state index < -0.39 is 0 Å². The van der Waals surface area contributed by atoms with Crippen molar-refractivity contribution in [1.82, 2.24) is 10.9 Å². The van der Waals surface area contributed by atoms with Crippen molar-refractivity contribution in [3.05, 3.63) is 83.1 Å². The molecule has 2 aromatic carbocycles. The van der Waals surface area contributed by atoms with Gasteiger partial charge in [-0.3, -0.25) is 10.2 Å². The molecule has 0 atom stereocenters. The average Bonchev–Trinajstić information content (AvgIpc) is 2.72. The van der Waals surface area contributed by atoms with Gasteiger partial charge in [0.15, 0.2) is 0 Å². The molecule has 5 heteroatoms. The van der Waals surface area contributed by atoms with Crippen LogP contribution >= 0.6 is 0 Å². The van der Waals surface area contributed by atoms with Crippen LogP contribution in [0, 0.1) is 0 Å². The Morgan fingerprint density at radius 1 is 1.00 bits per heavy atom. The zero-order chi connectivity index (χ0) is 18.9. The molecule has 0 saturated carbocycles. The number of ether oxygens (including phenoxy) is 1. The van der Waals surface area contributed by atoms with E-state index in [1.54, 1.807) is 0 Å². The van der Waals surface area contributed by atoms with E-state index in [2.05, 4.69) is 29.1 Å². The van der Waals surface area contributed by atoms with Crippen LogP contribution in [0.5, 0.6) is 0 Å². The highest BCUT2D eigenvalue weighted by Crippen LogP contribution is 2.04. The maximum atomic E-state index is 12.3. The van der Waals surface area contributed by atoms with Crippen LogP contribution in [-0.4, -0.2) is 32.2 Å². The smallest absolute Gasteiger partial charge is 0.269 e. The summed E-state index contributed by atoms with van der Waals surface area (Å²) in [5.41, 5.74) is 9.78. The second-order valence-corrected chi connectivity index (χ2v) is 6.89. The molecule has 2 aromatic rings. The Bertz CT molecular complexity index is 751. The van der Waals surface area contributed by atoms with Crippen molar-refractivity contribution in [2.45, 2.75) is 19.9 Å². The molecule has 3 rings (SSSR count). The molecule has 1 amide bonds. The Hall–Kier alpha value is -2.63. The highest BCUT2D eigenvalue weighted by molar-refractivity contribution is 5.93. The molecule has 0 radical (unpaired) electrons. The minimum Gasteiger partial charge on any atom is -0.370 e. The SMILES string of the molecule is C/C(=C/Cc1ccccc1)NNC(=O)c1ccc(C[NH+]2CCOCC2)cc1. The van der Waals surface area contributed by atoms with Gasteiger partial charge in [-0.2, -0.15) is 0 Å². The number of nitrogens with one attached hydrogen (secondary N) is 3. The molecule has 27 heavy (non-hydrogen) atoms. The molecular weight excluding hydrogens is 338 g/mol. The number of allylic oxidation sites excluding steroid dienone is 2. The molecule has 0 aromatic heterocycles. The topological polar surface area (TPSA) is 54.8 Å². The molecule has 5 nitrogen and oxygen atoms in total. The molecule has 1 heterocycles. The molecule has 1 aliphatic rings. The summed E-state index contributed by atoms with van der Waals surface area (Å²) in [5.74, 6) is -0.132. The van der Waals surface area contributed by atoms with Crippen LogP contribution in [0.3, 0.4) is 0 Å². The molecule has 0 unspecified atom stereocenters. The van der Waals surface area contributed by atoms with E-state index in [-0.39, 0.29) is 5.91 Å². The van der Waals surface area contributed by atoms with Gasteiger partial charge in [0.1, 0.15) is 19.6 Å². The van der Waals surface area contributed by atoms with Gasteiger partial charge in [0.05, 0.1) is 13.2 Å². The molecular formula is C22H28N3O2+. The molecule has 0 bridgehead atoms. The fraction of sp³-hybridized carbons (Fsp3) is 0.318. The Kier molecular flexibility index (Phi) is 7.02. The molecule has 3 N–H and O–H groups in total. The summed E-state index contributed by atoms with van der Waals surface area (Å²) < 4.78 is 5.39. The first-order chi connectivity index (χ1) is 13.2. The zero-order valence-electron chi connectivity index (χ0n) is 15.8. The molecule has 0 spiro atoms. The number of morpholine rings is 1. The number of hydrazine groups is 1. The van der Waals surface area contributed by atoms with Crippen LogP contribution in [0.1, 0.15) is 28.4 Å². The van der Waals surface area contributed by atoms with E-state index in [0.29, 0.717) is 5.56 Å². The van der Waals surface area contributed by atoms with Gasteiger partial charge >= 0.3 is 0 Å². The quantitative estimate of drug-likeness (QED) is 0.651. The van der Waals surface area contributed by atoms with Gasteiger partial charge < -0.3 is 15.1 Å². The number of amides is 1. The molecule has 0 aliphatic carbocycles. The maximum absolute atomic E-state index is 12.3. The molecule has 1 fully saturated rings.